The first-order valence-corrected chi connectivity index (χ1v) is 6.93. The number of hydrogen-bond acceptors (Lipinski definition) is 3. The normalized spacial score (nSPS) is 10.6. The van der Waals surface area contributed by atoms with Crippen molar-refractivity contribution in [2.45, 2.75) is 6.92 Å². The molecule has 0 aliphatic carbocycles. The third-order valence-corrected chi connectivity index (χ3v) is 1.99. The van der Waals surface area contributed by atoms with Gasteiger partial charge in [-0.1, -0.05) is 6.92 Å². The summed E-state index contributed by atoms with van der Waals surface area (Å²) in [6, 6.07) is 0. The summed E-state index contributed by atoms with van der Waals surface area (Å²) in [5.74, 6) is 1.02. The van der Waals surface area contributed by atoms with Crippen LogP contribution in [-0.4, -0.2) is 35.7 Å². The van der Waals surface area contributed by atoms with E-state index in [4.69, 9.17) is 39.7 Å². The molecule has 0 unspecified atom stereocenters. The standard InChI is InChI=1S/C4H9Cl2O4P.C2H5Cl/c5-1-3-9-11(7,8)10-4-2-6;1-2-3/h1-4H2,(H,7,8);2H2,1H3. The summed E-state index contributed by atoms with van der Waals surface area (Å²) in [6.07, 6.45) is 0. The molecule has 0 aliphatic rings. The summed E-state index contributed by atoms with van der Waals surface area (Å²) in [7, 11) is -3.89. The maximum absolute atomic E-state index is 10.7. The smallest absolute Gasteiger partial charge is 0.302 e. The molecule has 0 saturated carbocycles. The lowest BCUT2D eigenvalue weighted by molar-refractivity contribution is 0.163. The van der Waals surface area contributed by atoms with E-state index in [1.54, 1.807) is 0 Å². The summed E-state index contributed by atoms with van der Waals surface area (Å²) in [6.45, 7) is 1.86. The lowest BCUT2D eigenvalue weighted by Gasteiger charge is -2.09. The third kappa shape index (κ3) is 15.5. The number of phosphoric ester groups is 1. The molecule has 0 saturated heterocycles. The molecule has 0 aromatic carbocycles. The highest BCUT2D eigenvalue weighted by Crippen LogP contribution is 2.42. The van der Waals surface area contributed by atoms with Crippen LogP contribution in [0.25, 0.3) is 0 Å². The van der Waals surface area contributed by atoms with Crippen LogP contribution in [0.2, 0.25) is 0 Å². The van der Waals surface area contributed by atoms with Crippen LogP contribution in [0.15, 0.2) is 0 Å². The average Bonchev–Trinajstić information content (AvgIpc) is 2.13. The molecule has 0 fully saturated rings. The zero-order valence-corrected chi connectivity index (χ0v) is 11.0. The molecule has 0 aromatic heterocycles. The largest absolute Gasteiger partial charge is 0.472 e. The van der Waals surface area contributed by atoms with Crippen LogP contribution < -0.4 is 0 Å². The van der Waals surface area contributed by atoms with E-state index in [1.807, 2.05) is 6.92 Å². The van der Waals surface area contributed by atoms with Crippen molar-refractivity contribution < 1.29 is 18.5 Å². The van der Waals surface area contributed by atoms with Crippen LogP contribution >= 0.6 is 42.6 Å². The Hall–Kier alpha value is 0.980. The molecule has 0 aliphatic heterocycles. The molecular formula is C6H14Cl3O4P. The molecule has 8 heteroatoms. The molecule has 0 rings (SSSR count). The van der Waals surface area contributed by atoms with Crippen LogP contribution in [0.3, 0.4) is 0 Å². The second-order valence-corrected chi connectivity index (χ2v) is 4.52. The van der Waals surface area contributed by atoms with Gasteiger partial charge in [-0.3, -0.25) is 9.05 Å². The SMILES string of the molecule is CCCl.O=P(O)(OCCCl)OCCCl. The average molecular weight is 288 g/mol. The predicted octanol–water partition coefficient (Wildman–Crippen LogP) is 2.84. The van der Waals surface area contributed by atoms with Gasteiger partial charge in [-0.15, -0.1) is 34.8 Å². The Morgan fingerprint density at radius 3 is 1.64 bits per heavy atom. The molecule has 0 bridgehead atoms. The van der Waals surface area contributed by atoms with Gasteiger partial charge in [-0.05, 0) is 0 Å². The molecule has 0 aromatic rings. The van der Waals surface area contributed by atoms with Crippen molar-refractivity contribution in [1.29, 1.82) is 0 Å². The Labute approximate surface area is 99.1 Å². The highest BCUT2D eigenvalue weighted by Gasteiger charge is 2.19. The Balaban J connectivity index is 0. The topological polar surface area (TPSA) is 55.8 Å². The van der Waals surface area contributed by atoms with Crippen molar-refractivity contribution in [3.05, 3.63) is 0 Å². The minimum absolute atomic E-state index is 0.0163. The minimum atomic E-state index is -3.89. The van der Waals surface area contributed by atoms with Gasteiger partial charge < -0.3 is 4.89 Å². The summed E-state index contributed by atoms with van der Waals surface area (Å²) in [5, 5.41) is 0. The lowest BCUT2D eigenvalue weighted by atomic mass is 10.9. The van der Waals surface area contributed by atoms with Gasteiger partial charge in [-0.25, -0.2) is 4.57 Å². The van der Waals surface area contributed by atoms with Gasteiger partial charge in [0, 0.05) is 17.6 Å². The fourth-order valence-corrected chi connectivity index (χ4v) is 1.43. The Morgan fingerprint density at radius 2 is 1.43 bits per heavy atom. The minimum Gasteiger partial charge on any atom is -0.302 e. The van der Waals surface area contributed by atoms with Crippen LogP contribution in [-0.2, 0) is 13.6 Å². The van der Waals surface area contributed by atoms with E-state index in [0.29, 0.717) is 0 Å². The van der Waals surface area contributed by atoms with E-state index in [1.165, 1.54) is 0 Å². The first kappa shape index (κ1) is 17.4. The first-order valence-electron chi connectivity index (χ1n) is 3.83. The molecule has 0 heterocycles. The number of halogens is 3. The number of rotatable bonds is 6. The van der Waals surface area contributed by atoms with E-state index in [2.05, 4.69) is 9.05 Å². The molecule has 1 N–H and O–H groups in total. The molecule has 0 atom stereocenters. The zero-order chi connectivity index (χ0) is 11.4. The highest BCUT2D eigenvalue weighted by molar-refractivity contribution is 7.47. The molecule has 14 heavy (non-hydrogen) atoms. The van der Waals surface area contributed by atoms with Crippen molar-refractivity contribution in [1.82, 2.24) is 0 Å². The van der Waals surface area contributed by atoms with Crippen LogP contribution in [0.4, 0.5) is 0 Å². The molecule has 0 spiro atoms. The lowest BCUT2D eigenvalue weighted by Crippen LogP contribution is -1.99. The van der Waals surface area contributed by atoms with E-state index < -0.39 is 7.82 Å². The highest BCUT2D eigenvalue weighted by atomic mass is 35.5. The fourth-order valence-electron chi connectivity index (χ4n) is 0.337. The Bertz CT molecular complexity index is 146. The van der Waals surface area contributed by atoms with Gasteiger partial charge in [0.25, 0.3) is 0 Å². The fraction of sp³-hybridized carbons (Fsp3) is 1.00. The molecule has 4 nitrogen and oxygen atoms in total. The van der Waals surface area contributed by atoms with Gasteiger partial charge >= 0.3 is 7.82 Å². The summed E-state index contributed by atoms with van der Waals surface area (Å²) < 4.78 is 19.5. The van der Waals surface area contributed by atoms with Crippen molar-refractivity contribution in [2.24, 2.45) is 0 Å². The van der Waals surface area contributed by atoms with E-state index in [9.17, 15) is 4.57 Å². The van der Waals surface area contributed by atoms with Gasteiger partial charge in [0.2, 0.25) is 0 Å². The second-order valence-electron chi connectivity index (χ2n) is 1.78. The van der Waals surface area contributed by atoms with Crippen LogP contribution in [0, 0.1) is 0 Å². The van der Waals surface area contributed by atoms with Crippen molar-refractivity contribution in [3.63, 3.8) is 0 Å². The Kier molecular flexibility index (Phi) is 15.0. The van der Waals surface area contributed by atoms with Crippen LogP contribution in [0.1, 0.15) is 6.92 Å². The third-order valence-electron chi connectivity index (χ3n) is 0.663. The van der Waals surface area contributed by atoms with Crippen molar-refractivity contribution in [3.8, 4) is 0 Å². The van der Waals surface area contributed by atoms with E-state index in [0.717, 1.165) is 5.88 Å². The molecule has 0 amide bonds. The molecular weight excluding hydrogens is 273 g/mol. The molecule has 88 valence electrons. The van der Waals surface area contributed by atoms with Gasteiger partial charge in [0.05, 0.1) is 13.2 Å². The quantitative estimate of drug-likeness (QED) is 0.603. The van der Waals surface area contributed by atoms with Gasteiger partial charge in [-0.2, -0.15) is 0 Å². The summed E-state index contributed by atoms with van der Waals surface area (Å²) in [5.41, 5.74) is 0. The Morgan fingerprint density at radius 1 is 1.14 bits per heavy atom. The van der Waals surface area contributed by atoms with Crippen molar-refractivity contribution in [2.75, 3.05) is 30.9 Å². The van der Waals surface area contributed by atoms with Crippen LogP contribution in [0.5, 0.6) is 0 Å². The van der Waals surface area contributed by atoms with Crippen molar-refractivity contribution >= 4 is 42.6 Å². The zero-order valence-electron chi connectivity index (χ0n) is 7.79. The maximum Gasteiger partial charge on any atom is 0.472 e. The van der Waals surface area contributed by atoms with E-state index >= 15 is 0 Å². The first-order chi connectivity index (χ1) is 6.54. The number of alkyl halides is 3. The van der Waals surface area contributed by atoms with Gasteiger partial charge in [0.1, 0.15) is 0 Å². The summed E-state index contributed by atoms with van der Waals surface area (Å²) in [4.78, 5) is 8.77. The summed E-state index contributed by atoms with van der Waals surface area (Å²) >= 11 is 15.4. The number of hydrogen-bond donors (Lipinski definition) is 1. The van der Waals surface area contributed by atoms with E-state index in [-0.39, 0.29) is 25.0 Å². The van der Waals surface area contributed by atoms with Gasteiger partial charge in [0.15, 0.2) is 0 Å². The maximum atomic E-state index is 10.7. The second kappa shape index (κ2) is 12.1. The number of phosphoric acid groups is 1. The predicted molar refractivity (Wildman–Crippen MR) is 59.6 cm³/mol. The monoisotopic (exact) mass is 286 g/mol. The molecule has 0 radical (unpaired) electrons.